The van der Waals surface area contributed by atoms with Crippen molar-refractivity contribution in [1.29, 1.82) is 0 Å². The number of rotatable bonds is 9. The maximum absolute atomic E-state index is 12.9. The van der Waals surface area contributed by atoms with Gasteiger partial charge in [0.25, 0.3) is 11.1 Å². The van der Waals surface area contributed by atoms with Crippen molar-refractivity contribution < 1.29 is 33.3 Å². The fraction of sp³-hybridized carbons (Fsp3) is 0.148. The Morgan fingerprint density at radius 1 is 0.919 bits per heavy atom. The molecule has 0 bridgehead atoms. The molecule has 1 aliphatic rings. The molecule has 0 N–H and O–H groups in total. The summed E-state index contributed by atoms with van der Waals surface area (Å²) >= 11 is 6.79. The van der Waals surface area contributed by atoms with E-state index in [1.165, 1.54) is 20.3 Å². The van der Waals surface area contributed by atoms with Crippen molar-refractivity contribution in [1.82, 2.24) is 4.90 Å². The zero-order valence-electron chi connectivity index (χ0n) is 19.9. The number of ether oxygens (including phenoxy) is 4. The second kappa shape index (κ2) is 11.9. The fourth-order valence-electron chi connectivity index (χ4n) is 3.47. The van der Waals surface area contributed by atoms with Crippen LogP contribution in [0.25, 0.3) is 6.08 Å². The van der Waals surface area contributed by atoms with Crippen molar-refractivity contribution in [3.8, 4) is 23.0 Å². The van der Waals surface area contributed by atoms with Gasteiger partial charge in [-0.1, -0.05) is 35.9 Å². The minimum absolute atomic E-state index is 0.0746. The summed E-state index contributed by atoms with van der Waals surface area (Å²) < 4.78 is 21.8. The van der Waals surface area contributed by atoms with Crippen LogP contribution in [0, 0.1) is 0 Å². The van der Waals surface area contributed by atoms with E-state index >= 15 is 0 Å². The van der Waals surface area contributed by atoms with E-state index in [1.807, 2.05) is 6.07 Å². The van der Waals surface area contributed by atoms with Gasteiger partial charge in [0.05, 0.1) is 31.2 Å². The van der Waals surface area contributed by atoms with E-state index in [0.717, 1.165) is 16.7 Å². The van der Waals surface area contributed by atoms with Gasteiger partial charge in [0.1, 0.15) is 6.61 Å². The third-order valence-electron chi connectivity index (χ3n) is 5.26. The second-order valence-electron chi connectivity index (χ2n) is 7.64. The molecule has 1 aliphatic heterocycles. The number of imide groups is 1. The fourth-order valence-corrected chi connectivity index (χ4v) is 4.52. The number of methoxy groups -OCH3 is 2. The second-order valence-corrected chi connectivity index (χ2v) is 9.07. The van der Waals surface area contributed by atoms with Gasteiger partial charge in [-0.15, -0.1) is 0 Å². The van der Waals surface area contributed by atoms with Crippen LogP contribution in [0.4, 0.5) is 4.79 Å². The summed E-state index contributed by atoms with van der Waals surface area (Å²) in [6.45, 7) is 0.184. The van der Waals surface area contributed by atoms with Gasteiger partial charge in [-0.3, -0.25) is 14.5 Å². The topological polar surface area (TPSA) is 91.4 Å². The minimum atomic E-state index is -0.617. The summed E-state index contributed by atoms with van der Waals surface area (Å²) in [7, 11) is 2.98. The molecule has 4 rings (SSSR count). The number of benzene rings is 3. The van der Waals surface area contributed by atoms with Gasteiger partial charge in [0, 0.05) is 5.02 Å². The average molecular weight is 540 g/mol. The largest absolute Gasteiger partial charge is 0.493 e. The quantitative estimate of drug-likeness (QED) is 0.194. The number of amides is 2. The number of thioether (sulfide) groups is 1. The van der Waals surface area contributed by atoms with Gasteiger partial charge >= 0.3 is 5.97 Å². The molecule has 1 fully saturated rings. The lowest BCUT2D eigenvalue weighted by molar-refractivity contribution is -0.123. The molecule has 0 aromatic heterocycles. The van der Waals surface area contributed by atoms with Crippen molar-refractivity contribution >= 4 is 46.6 Å². The Morgan fingerprint density at radius 3 is 2.38 bits per heavy atom. The van der Waals surface area contributed by atoms with Crippen LogP contribution in [0.2, 0.25) is 5.02 Å². The first-order valence-electron chi connectivity index (χ1n) is 11.1. The molecule has 0 unspecified atom stereocenters. The molecule has 8 nitrogen and oxygen atoms in total. The standard InChI is InChI=1S/C27H22ClNO7S/c1-33-20-8-3-4-9-22(20)35-13-12-29-25(30)24(37-27(29)32)15-17-10-11-21(34-2)23(14-17)36-26(31)18-6-5-7-19(28)16-18/h3-11,14-16H,12-13H2,1-2H3/b24-15-. The number of carbonyl (C=O) groups is 3. The highest BCUT2D eigenvalue weighted by Crippen LogP contribution is 2.35. The number of hydrogen-bond donors (Lipinski definition) is 0. The van der Waals surface area contributed by atoms with E-state index in [4.69, 9.17) is 30.5 Å². The zero-order chi connectivity index (χ0) is 26.4. The van der Waals surface area contributed by atoms with Gasteiger partial charge in [-0.05, 0) is 65.9 Å². The van der Waals surface area contributed by atoms with E-state index in [9.17, 15) is 14.4 Å². The molecule has 0 aliphatic carbocycles. The molecule has 10 heteroatoms. The maximum Gasteiger partial charge on any atom is 0.343 e. The van der Waals surface area contributed by atoms with Crippen LogP contribution >= 0.6 is 23.4 Å². The molecule has 1 heterocycles. The number of hydrogen-bond acceptors (Lipinski definition) is 8. The van der Waals surface area contributed by atoms with Crippen LogP contribution in [-0.4, -0.2) is 49.4 Å². The first kappa shape index (κ1) is 26.1. The van der Waals surface area contributed by atoms with Crippen molar-refractivity contribution in [3.63, 3.8) is 0 Å². The average Bonchev–Trinajstić information content (AvgIpc) is 3.16. The van der Waals surface area contributed by atoms with Crippen LogP contribution in [0.5, 0.6) is 23.0 Å². The summed E-state index contributed by atoms with van der Waals surface area (Å²) in [5.74, 6) is 0.508. The van der Waals surface area contributed by atoms with E-state index in [0.29, 0.717) is 27.8 Å². The molecule has 3 aromatic carbocycles. The van der Waals surface area contributed by atoms with Crippen LogP contribution in [0.3, 0.4) is 0 Å². The van der Waals surface area contributed by atoms with E-state index in [-0.39, 0.29) is 29.4 Å². The summed E-state index contributed by atoms with van der Waals surface area (Å²) in [4.78, 5) is 39.3. The minimum Gasteiger partial charge on any atom is -0.493 e. The molecule has 0 radical (unpaired) electrons. The lowest BCUT2D eigenvalue weighted by atomic mass is 10.1. The molecule has 190 valence electrons. The Kier molecular flexibility index (Phi) is 8.37. The monoisotopic (exact) mass is 539 g/mol. The molecule has 1 saturated heterocycles. The lowest BCUT2D eigenvalue weighted by Gasteiger charge is -2.14. The van der Waals surface area contributed by atoms with Gasteiger partial charge < -0.3 is 18.9 Å². The molecular weight excluding hydrogens is 518 g/mol. The van der Waals surface area contributed by atoms with Crippen LogP contribution in [0.1, 0.15) is 15.9 Å². The zero-order valence-corrected chi connectivity index (χ0v) is 21.5. The Bertz CT molecular complexity index is 1370. The van der Waals surface area contributed by atoms with Gasteiger partial charge in [0.2, 0.25) is 0 Å². The van der Waals surface area contributed by atoms with Gasteiger partial charge in [-0.2, -0.15) is 0 Å². The van der Waals surface area contributed by atoms with Crippen LogP contribution < -0.4 is 18.9 Å². The highest BCUT2D eigenvalue weighted by Gasteiger charge is 2.35. The Hall–Kier alpha value is -3.95. The summed E-state index contributed by atoms with van der Waals surface area (Å²) in [5, 5.41) is 0.000178. The van der Waals surface area contributed by atoms with E-state index in [2.05, 4.69) is 0 Å². The third-order valence-corrected chi connectivity index (χ3v) is 6.41. The molecule has 3 aromatic rings. The smallest absolute Gasteiger partial charge is 0.343 e. The molecule has 0 spiro atoms. The maximum atomic E-state index is 12.9. The van der Waals surface area contributed by atoms with Crippen LogP contribution in [-0.2, 0) is 4.79 Å². The van der Waals surface area contributed by atoms with E-state index < -0.39 is 17.1 Å². The number of para-hydroxylation sites is 2. The lowest BCUT2D eigenvalue weighted by Crippen LogP contribution is -2.32. The van der Waals surface area contributed by atoms with Crippen molar-refractivity contribution in [2.45, 2.75) is 0 Å². The number of halogens is 1. The first-order chi connectivity index (χ1) is 17.9. The van der Waals surface area contributed by atoms with Gasteiger partial charge in [-0.25, -0.2) is 4.79 Å². The van der Waals surface area contributed by atoms with E-state index in [1.54, 1.807) is 60.7 Å². The summed E-state index contributed by atoms with van der Waals surface area (Å²) in [6, 6.07) is 18.3. The summed E-state index contributed by atoms with van der Waals surface area (Å²) in [6.07, 6.45) is 1.56. The third kappa shape index (κ3) is 6.25. The Balaban J connectivity index is 1.46. The predicted molar refractivity (Wildman–Crippen MR) is 141 cm³/mol. The molecule has 0 saturated carbocycles. The van der Waals surface area contributed by atoms with Crippen molar-refractivity contribution in [2.75, 3.05) is 27.4 Å². The molecule has 37 heavy (non-hydrogen) atoms. The van der Waals surface area contributed by atoms with Crippen molar-refractivity contribution in [2.24, 2.45) is 0 Å². The first-order valence-corrected chi connectivity index (χ1v) is 12.3. The molecule has 2 amide bonds. The van der Waals surface area contributed by atoms with Gasteiger partial charge in [0.15, 0.2) is 23.0 Å². The highest BCUT2D eigenvalue weighted by atomic mass is 35.5. The number of nitrogens with zero attached hydrogens (tertiary/aromatic N) is 1. The normalized spacial score (nSPS) is 14.1. The Labute approximate surface area is 222 Å². The molecule has 0 atom stereocenters. The number of carbonyl (C=O) groups excluding carboxylic acids is 3. The predicted octanol–water partition coefficient (Wildman–Crippen LogP) is 5.69. The molecular formula is C27H22ClNO7S. The SMILES string of the molecule is COc1ccccc1OCCN1C(=O)S/C(=C\c2ccc(OC)c(OC(=O)c3cccc(Cl)c3)c2)C1=O. The highest BCUT2D eigenvalue weighted by molar-refractivity contribution is 8.18. The van der Waals surface area contributed by atoms with Crippen molar-refractivity contribution in [3.05, 3.63) is 87.8 Å². The summed E-state index contributed by atoms with van der Waals surface area (Å²) in [5.41, 5.74) is 0.821. The Morgan fingerprint density at radius 2 is 1.65 bits per heavy atom. The van der Waals surface area contributed by atoms with Crippen LogP contribution in [0.15, 0.2) is 71.6 Å². The number of esters is 1.